The summed E-state index contributed by atoms with van der Waals surface area (Å²) >= 11 is 0. The lowest BCUT2D eigenvalue weighted by molar-refractivity contribution is -0.259. The summed E-state index contributed by atoms with van der Waals surface area (Å²) in [6.45, 7) is 7.18. The molecule has 9 nitrogen and oxygen atoms in total. The molecule has 0 bridgehead atoms. The molecule has 0 saturated carbocycles. The van der Waals surface area contributed by atoms with Gasteiger partial charge >= 0.3 is 0 Å². The Morgan fingerprint density at radius 1 is 0.889 bits per heavy atom. The molecular formula is C27H40O9. The van der Waals surface area contributed by atoms with Crippen LogP contribution in [0, 0.1) is 5.92 Å². The Morgan fingerprint density at radius 3 is 2.42 bits per heavy atom. The average Bonchev–Trinajstić information content (AvgIpc) is 3.53. The standard InChI is InChI=1S/C27H40O9/c1-14-9-19(33-13-14)4-3-17(28)12-22-23(30)26-27(36-22)24(31)25-21(35-26)6-5-20(34-25)11-18(29)10-16-7-8-32-15(16)2/h15-16,19-27,30-31H,1,3-13H2,2H3/t15-,16?,19?,20?,21-,22?,23?,24?,25-,26?,27?/m0/s1. The van der Waals surface area contributed by atoms with Crippen LogP contribution in [0.4, 0.5) is 0 Å². The number of carbonyl (C=O) groups is 2. The highest BCUT2D eigenvalue weighted by Crippen LogP contribution is 2.40. The predicted molar refractivity (Wildman–Crippen MR) is 127 cm³/mol. The molecule has 5 aliphatic rings. The average molecular weight is 509 g/mol. The van der Waals surface area contributed by atoms with E-state index in [1.807, 2.05) is 6.92 Å². The molecule has 8 unspecified atom stereocenters. The fourth-order valence-corrected chi connectivity index (χ4v) is 6.43. The van der Waals surface area contributed by atoms with Crippen molar-refractivity contribution in [2.45, 2.75) is 126 Å². The van der Waals surface area contributed by atoms with E-state index in [0.717, 1.165) is 18.4 Å². The van der Waals surface area contributed by atoms with Gasteiger partial charge in [-0.05, 0) is 50.5 Å². The highest BCUT2D eigenvalue weighted by molar-refractivity contribution is 5.79. The summed E-state index contributed by atoms with van der Waals surface area (Å²) in [5, 5.41) is 21.9. The number of aliphatic hydroxyl groups excluding tert-OH is 2. The summed E-state index contributed by atoms with van der Waals surface area (Å²) in [5.41, 5.74) is 1.05. The number of rotatable bonds is 9. The van der Waals surface area contributed by atoms with Crippen LogP contribution in [0.1, 0.15) is 64.7 Å². The molecule has 0 radical (unpaired) electrons. The van der Waals surface area contributed by atoms with Gasteiger partial charge in [0.25, 0.3) is 0 Å². The Balaban J connectivity index is 1.11. The first-order valence-corrected chi connectivity index (χ1v) is 13.5. The summed E-state index contributed by atoms with van der Waals surface area (Å²) < 4.78 is 29.4. The largest absolute Gasteiger partial charge is 0.388 e. The van der Waals surface area contributed by atoms with E-state index in [9.17, 15) is 19.8 Å². The zero-order valence-electron chi connectivity index (χ0n) is 21.1. The van der Waals surface area contributed by atoms with E-state index in [-0.39, 0.29) is 48.3 Å². The quantitative estimate of drug-likeness (QED) is 0.448. The van der Waals surface area contributed by atoms with Crippen molar-refractivity contribution in [2.24, 2.45) is 5.92 Å². The fraction of sp³-hybridized carbons (Fsp3) is 0.852. The predicted octanol–water partition coefficient (Wildman–Crippen LogP) is 1.65. The lowest BCUT2D eigenvalue weighted by atomic mass is 9.86. The first-order chi connectivity index (χ1) is 17.3. The first kappa shape index (κ1) is 26.4. The maximum absolute atomic E-state index is 12.6. The van der Waals surface area contributed by atoms with Crippen LogP contribution in [0.5, 0.6) is 0 Å². The Hall–Kier alpha value is -1.20. The molecule has 36 heavy (non-hydrogen) atoms. The molecule has 0 aromatic heterocycles. The van der Waals surface area contributed by atoms with Crippen LogP contribution < -0.4 is 0 Å². The van der Waals surface area contributed by atoms with Crippen LogP contribution in [0.25, 0.3) is 0 Å². The molecule has 5 aliphatic heterocycles. The summed E-state index contributed by atoms with van der Waals surface area (Å²) in [6.07, 6.45) is -0.519. The maximum atomic E-state index is 12.6. The van der Waals surface area contributed by atoms with Crippen LogP contribution in [-0.2, 0) is 33.3 Å². The monoisotopic (exact) mass is 508 g/mol. The second-order valence-corrected chi connectivity index (χ2v) is 11.3. The van der Waals surface area contributed by atoms with Gasteiger partial charge in [0.05, 0.1) is 37.1 Å². The van der Waals surface area contributed by atoms with E-state index >= 15 is 0 Å². The molecule has 0 aromatic carbocycles. The van der Waals surface area contributed by atoms with Crippen molar-refractivity contribution in [3.05, 3.63) is 12.2 Å². The van der Waals surface area contributed by atoms with Crippen LogP contribution in [-0.4, -0.2) is 96.0 Å². The van der Waals surface area contributed by atoms with Crippen LogP contribution in [0.15, 0.2) is 12.2 Å². The van der Waals surface area contributed by atoms with Gasteiger partial charge in [-0.15, -0.1) is 0 Å². The Kier molecular flexibility index (Phi) is 8.27. The Labute approximate surface area is 212 Å². The first-order valence-electron chi connectivity index (χ1n) is 13.5. The third-order valence-corrected chi connectivity index (χ3v) is 8.56. The molecule has 5 fully saturated rings. The van der Waals surface area contributed by atoms with Gasteiger partial charge in [-0.1, -0.05) is 6.58 Å². The molecular weight excluding hydrogens is 468 g/mol. The number of Topliss-reactive ketones (excluding diaryl/α,β-unsaturated/α-hetero) is 2. The number of aliphatic hydroxyl groups is 2. The summed E-state index contributed by atoms with van der Waals surface area (Å²) in [4.78, 5) is 25.2. The van der Waals surface area contributed by atoms with Crippen molar-refractivity contribution in [1.82, 2.24) is 0 Å². The highest BCUT2D eigenvalue weighted by atomic mass is 16.6. The molecule has 2 N–H and O–H groups in total. The molecule has 0 amide bonds. The molecule has 202 valence electrons. The van der Waals surface area contributed by atoms with Gasteiger partial charge in [0.1, 0.15) is 42.1 Å². The summed E-state index contributed by atoms with van der Waals surface area (Å²) in [5.74, 6) is 0.405. The number of fused-ring (bicyclic) bond motifs is 2. The smallest absolute Gasteiger partial charge is 0.135 e. The van der Waals surface area contributed by atoms with Gasteiger partial charge in [0.15, 0.2) is 0 Å². The van der Waals surface area contributed by atoms with Gasteiger partial charge in [0.2, 0.25) is 0 Å². The zero-order chi connectivity index (χ0) is 25.4. The number of ketones is 2. The molecule has 9 heteroatoms. The van der Waals surface area contributed by atoms with Crippen molar-refractivity contribution in [3.63, 3.8) is 0 Å². The SMILES string of the molecule is C=C1COC(CCC(=O)CC2OC3C(O[C@H]4CCC(CC(=O)CC5CCO[C@H]5C)O[C@@H]4C3O)C2O)C1. The fourth-order valence-electron chi connectivity index (χ4n) is 6.43. The minimum absolute atomic E-state index is 0.0116. The third kappa shape index (κ3) is 5.77. The van der Waals surface area contributed by atoms with E-state index in [2.05, 4.69) is 6.58 Å². The number of carbonyl (C=O) groups excluding carboxylic acids is 2. The van der Waals surface area contributed by atoms with Gasteiger partial charge in [-0.25, -0.2) is 0 Å². The second-order valence-electron chi connectivity index (χ2n) is 11.3. The number of ether oxygens (including phenoxy) is 5. The minimum Gasteiger partial charge on any atom is -0.388 e. The topological polar surface area (TPSA) is 121 Å². The van der Waals surface area contributed by atoms with Gasteiger partial charge in [-0.3, -0.25) is 9.59 Å². The van der Waals surface area contributed by atoms with E-state index in [1.165, 1.54) is 0 Å². The lowest BCUT2D eigenvalue weighted by Gasteiger charge is -2.46. The lowest BCUT2D eigenvalue weighted by Crippen LogP contribution is -2.61. The van der Waals surface area contributed by atoms with Gasteiger partial charge in [-0.2, -0.15) is 0 Å². The molecule has 11 atom stereocenters. The van der Waals surface area contributed by atoms with E-state index in [4.69, 9.17) is 23.7 Å². The van der Waals surface area contributed by atoms with Crippen LogP contribution in [0.3, 0.4) is 0 Å². The van der Waals surface area contributed by atoms with E-state index in [1.54, 1.807) is 0 Å². The number of hydrogen-bond donors (Lipinski definition) is 2. The van der Waals surface area contributed by atoms with Crippen molar-refractivity contribution < 1.29 is 43.5 Å². The number of hydrogen-bond acceptors (Lipinski definition) is 9. The highest BCUT2D eigenvalue weighted by Gasteiger charge is 2.57. The van der Waals surface area contributed by atoms with Crippen molar-refractivity contribution in [3.8, 4) is 0 Å². The Bertz CT molecular complexity index is 830. The normalized spacial score (nSPS) is 44.4. The zero-order valence-corrected chi connectivity index (χ0v) is 21.1. The van der Waals surface area contributed by atoms with Gasteiger partial charge < -0.3 is 33.9 Å². The minimum atomic E-state index is -0.998. The van der Waals surface area contributed by atoms with Crippen molar-refractivity contribution >= 4 is 11.6 Å². The molecule has 0 spiro atoms. The van der Waals surface area contributed by atoms with Crippen LogP contribution >= 0.6 is 0 Å². The molecule has 5 rings (SSSR count). The van der Waals surface area contributed by atoms with Crippen LogP contribution in [0.2, 0.25) is 0 Å². The van der Waals surface area contributed by atoms with Gasteiger partial charge in [0, 0.05) is 32.3 Å². The molecule has 0 aliphatic carbocycles. The molecule has 0 aromatic rings. The summed E-state index contributed by atoms with van der Waals surface area (Å²) in [7, 11) is 0. The third-order valence-electron chi connectivity index (χ3n) is 8.56. The second kappa shape index (κ2) is 11.3. The Morgan fingerprint density at radius 2 is 1.69 bits per heavy atom. The summed E-state index contributed by atoms with van der Waals surface area (Å²) in [6, 6.07) is 0. The van der Waals surface area contributed by atoms with E-state index in [0.29, 0.717) is 51.7 Å². The molecule has 5 heterocycles. The van der Waals surface area contributed by atoms with Crippen molar-refractivity contribution in [2.75, 3.05) is 13.2 Å². The van der Waals surface area contributed by atoms with E-state index < -0.39 is 36.6 Å². The van der Waals surface area contributed by atoms with Crippen molar-refractivity contribution in [1.29, 1.82) is 0 Å². The maximum Gasteiger partial charge on any atom is 0.135 e. The molecule has 5 saturated heterocycles.